The van der Waals surface area contributed by atoms with Crippen molar-refractivity contribution < 1.29 is 9.53 Å². The summed E-state index contributed by atoms with van der Waals surface area (Å²) in [5.74, 6) is -0.259. The third-order valence-corrected chi connectivity index (χ3v) is 5.78. The molecule has 0 fully saturated rings. The molecule has 0 aliphatic rings. The number of carbonyl (C=O) groups excluding carboxylic acids is 1. The van der Waals surface area contributed by atoms with Crippen LogP contribution in [-0.4, -0.2) is 38.3 Å². The fourth-order valence-electron chi connectivity index (χ4n) is 2.74. The number of ether oxygens (including phenoxy) is 1. The minimum absolute atomic E-state index is 0.259. The lowest BCUT2D eigenvalue weighted by atomic mass is 10.1. The first-order valence-corrected chi connectivity index (χ1v) is 9.37. The Morgan fingerprint density at radius 1 is 1.23 bits per heavy atom. The quantitative estimate of drug-likeness (QED) is 0.503. The van der Waals surface area contributed by atoms with Crippen molar-refractivity contribution in [1.82, 2.24) is 20.0 Å². The van der Waals surface area contributed by atoms with Gasteiger partial charge in [0, 0.05) is 5.39 Å². The molecule has 0 saturated heterocycles. The van der Waals surface area contributed by atoms with Crippen molar-refractivity contribution in [2.45, 2.75) is 44.4 Å². The Hall–Kier alpha value is -2.41. The lowest BCUT2D eigenvalue weighted by Gasteiger charge is -2.13. The summed E-state index contributed by atoms with van der Waals surface area (Å²) in [6.07, 6.45) is 2.45. The fourth-order valence-corrected chi connectivity index (χ4v) is 3.76. The van der Waals surface area contributed by atoms with Gasteiger partial charge in [-0.05, 0) is 50.5 Å². The van der Waals surface area contributed by atoms with E-state index in [1.165, 1.54) is 30.0 Å². The summed E-state index contributed by atoms with van der Waals surface area (Å²) in [5, 5.41) is 14.4. The number of carbonyl (C=O) groups is 1. The van der Waals surface area contributed by atoms with Gasteiger partial charge < -0.3 is 4.74 Å². The molecule has 0 radical (unpaired) electrons. The zero-order valence-electron chi connectivity index (χ0n) is 15.6. The molecule has 0 unspecified atom stereocenters. The van der Waals surface area contributed by atoms with Crippen LogP contribution in [0.15, 0.2) is 29.4 Å². The molecular formula is C19H22N4O2S. The lowest BCUT2D eigenvalue weighted by Crippen LogP contribution is -2.18. The second-order valence-electron chi connectivity index (χ2n) is 6.22. The summed E-state index contributed by atoms with van der Waals surface area (Å²) >= 11 is 1.37. The second-order valence-corrected chi connectivity index (χ2v) is 7.41. The normalized spacial score (nSPS) is 12.3. The fraction of sp³-hybridized carbons (Fsp3) is 0.368. The smallest absolute Gasteiger partial charge is 0.319 e. The molecule has 3 rings (SSSR count). The van der Waals surface area contributed by atoms with E-state index in [4.69, 9.17) is 4.74 Å². The van der Waals surface area contributed by atoms with Gasteiger partial charge in [-0.3, -0.25) is 4.79 Å². The molecule has 1 atom stereocenters. The number of hydrogen-bond acceptors (Lipinski definition) is 6. The molecular weight excluding hydrogens is 348 g/mol. The molecule has 1 aromatic carbocycles. The highest BCUT2D eigenvalue weighted by molar-refractivity contribution is 8.00. The first kappa shape index (κ1) is 18.4. The lowest BCUT2D eigenvalue weighted by molar-refractivity contribution is -0.140. The molecule has 0 amide bonds. The van der Waals surface area contributed by atoms with E-state index in [1.807, 2.05) is 24.6 Å². The third kappa shape index (κ3) is 3.31. The molecule has 7 heteroatoms. The van der Waals surface area contributed by atoms with Gasteiger partial charge in [0.2, 0.25) is 0 Å². The Morgan fingerprint density at radius 2 is 2.00 bits per heavy atom. The summed E-state index contributed by atoms with van der Waals surface area (Å²) in [4.78, 5) is 12.0. The van der Waals surface area contributed by atoms with Crippen molar-refractivity contribution in [3.63, 3.8) is 0 Å². The van der Waals surface area contributed by atoms with Crippen LogP contribution < -0.4 is 0 Å². The van der Waals surface area contributed by atoms with Crippen LogP contribution in [0.3, 0.4) is 0 Å². The van der Waals surface area contributed by atoms with Crippen molar-refractivity contribution in [2.75, 3.05) is 7.11 Å². The topological polar surface area (TPSA) is 69.9 Å². The van der Waals surface area contributed by atoms with Crippen LogP contribution in [0.25, 0.3) is 16.6 Å². The van der Waals surface area contributed by atoms with Crippen LogP contribution in [0.1, 0.15) is 30.2 Å². The Bertz CT molecular complexity index is 968. The Morgan fingerprint density at radius 3 is 2.65 bits per heavy atom. The Kier molecular flexibility index (Phi) is 5.27. The van der Waals surface area contributed by atoms with Gasteiger partial charge in [0.05, 0.1) is 24.7 Å². The molecule has 2 heterocycles. The van der Waals surface area contributed by atoms with E-state index in [2.05, 4.69) is 41.3 Å². The molecule has 26 heavy (non-hydrogen) atoms. The summed E-state index contributed by atoms with van der Waals surface area (Å²) in [6, 6.07) is 6.22. The van der Waals surface area contributed by atoms with E-state index < -0.39 is 0 Å². The number of aromatic nitrogens is 4. The maximum atomic E-state index is 12.0. The highest BCUT2D eigenvalue weighted by atomic mass is 32.2. The average Bonchev–Trinajstić information content (AvgIpc) is 3.09. The molecule has 0 bridgehead atoms. The van der Waals surface area contributed by atoms with Crippen LogP contribution in [-0.2, 0) is 9.53 Å². The number of esters is 1. The van der Waals surface area contributed by atoms with E-state index in [0.29, 0.717) is 11.4 Å². The summed E-state index contributed by atoms with van der Waals surface area (Å²) < 4.78 is 6.78. The predicted molar refractivity (Wildman–Crippen MR) is 103 cm³/mol. The number of thioether (sulfide) groups is 1. The van der Waals surface area contributed by atoms with E-state index >= 15 is 0 Å². The second kappa shape index (κ2) is 7.45. The molecule has 0 N–H and O–H groups in total. The highest BCUT2D eigenvalue weighted by Gasteiger charge is 2.23. The largest absolute Gasteiger partial charge is 0.468 e. The molecule has 3 aromatic rings. The zero-order chi connectivity index (χ0) is 18.8. The zero-order valence-corrected chi connectivity index (χ0v) is 16.4. The van der Waals surface area contributed by atoms with Gasteiger partial charge in [-0.15, -0.1) is 5.10 Å². The first-order valence-electron chi connectivity index (χ1n) is 8.49. The molecule has 0 aliphatic carbocycles. The van der Waals surface area contributed by atoms with Gasteiger partial charge in [-0.2, -0.15) is 10.2 Å². The molecule has 6 nitrogen and oxygen atoms in total. The number of methoxy groups -OCH3 is 1. The van der Waals surface area contributed by atoms with Crippen molar-refractivity contribution in [2.24, 2.45) is 0 Å². The van der Waals surface area contributed by atoms with E-state index in [1.54, 1.807) is 6.20 Å². The predicted octanol–water partition coefficient (Wildman–Crippen LogP) is 3.78. The van der Waals surface area contributed by atoms with Crippen LogP contribution in [0.5, 0.6) is 0 Å². The van der Waals surface area contributed by atoms with Gasteiger partial charge in [0.1, 0.15) is 15.8 Å². The molecule has 0 spiro atoms. The molecule has 0 saturated carbocycles. The Labute approximate surface area is 157 Å². The van der Waals surface area contributed by atoms with Crippen molar-refractivity contribution in [3.8, 4) is 5.69 Å². The SMILES string of the molecule is CC[C@@H](Sc1nnc(C)c2cnn(-c3ccc(C)c(C)c3)c12)C(=O)OC. The molecule has 0 aliphatic heterocycles. The number of aryl methyl sites for hydroxylation is 3. The number of hydrogen-bond donors (Lipinski definition) is 0. The van der Waals surface area contributed by atoms with Crippen molar-refractivity contribution in [3.05, 3.63) is 41.2 Å². The summed E-state index contributed by atoms with van der Waals surface area (Å²) in [7, 11) is 1.40. The molecule has 2 aromatic heterocycles. The number of rotatable bonds is 5. The van der Waals surface area contributed by atoms with Crippen LogP contribution >= 0.6 is 11.8 Å². The Balaban J connectivity index is 2.15. The minimum Gasteiger partial charge on any atom is -0.468 e. The van der Waals surface area contributed by atoms with Crippen LogP contribution in [0.4, 0.5) is 0 Å². The number of benzene rings is 1. The van der Waals surface area contributed by atoms with Crippen molar-refractivity contribution >= 4 is 28.6 Å². The molecule has 136 valence electrons. The maximum absolute atomic E-state index is 12.0. The maximum Gasteiger partial charge on any atom is 0.319 e. The van der Waals surface area contributed by atoms with Gasteiger partial charge in [-0.1, -0.05) is 24.8 Å². The van der Waals surface area contributed by atoms with Crippen LogP contribution in [0, 0.1) is 20.8 Å². The van der Waals surface area contributed by atoms with Crippen LogP contribution in [0.2, 0.25) is 0 Å². The monoisotopic (exact) mass is 370 g/mol. The van der Waals surface area contributed by atoms with E-state index in [0.717, 1.165) is 22.3 Å². The number of fused-ring (bicyclic) bond motifs is 1. The van der Waals surface area contributed by atoms with Crippen molar-refractivity contribution in [1.29, 1.82) is 0 Å². The van der Waals surface area contributed by atoms with Gasteiger partial charge in [0.15, 0.2) is 0 Å². The van der Waals surface area contributed by atoms with E-state index in [-0.39, 0.29) is 11.2 Å². The average molecular weight is 370 g/mol. The van der Waals surface area contributed by atoms with Gasteiger partial charge >= 0.3 is 5.97 Å². The number of nitrogens with zero attached hydrogens (tertiary/aromatic N) is 4. The first-order chi connectivity index (χ1) is 12.5. The van der Waals surface area contributed by atoms with Gasteiger partial charge in [0.25, 0.3) is 0 Å². The standard InChI is InChI=1S/C19H22N4O2S/c1-6-16(19(24)25-5)26-18-17-15(13(4)21-22-18)10-20-23(17)14-8-7-11(2)12(3)9-14/h7-10,16H,6H2,1-5H3/t16-/m1/s1. The summed E-state index contributed by atoms with van der Waals surface area (Å²) in [5.41, 5.74) is 5.06. The minimum atomic E-state index is -0.330. The summed E-state index contributed by atoms with van der Waals surface area (Å²) in [6.45, 7) is 8.02. The third-order valence-electron chi connectivity index (χ3n) is 4.48. The highest BCUT2D eigenvalue weighted by Crippen LogP contribution is 2.32. The van der Waals surface area contributed by atoms with Gasteiger partial charge in [-0.25, -0.2) is 4.68 Å². The van der Waals surface area contributed by atoms with E-state index in [9.17, 15) is 4.79 Å².